The van der Waals surface area contributed by atoms with Crippen LogP contribution < -0.4 is 4.74 Å². The lowest BCUT2D eigenvalue weighted by Crippen LogP contribution is -2.39. The minimum Gasteiger partial charge on any atom is -0.494 e. The molecule has 0 bridgehead atoms. The number of carbonyl (C=O) groups is 2. The van der Waals surface area contributed by atoms with Gasteiger partial charge in [0.1, 0.15) is 11.9 Å². The third-order valence-electron chi connectivity index (χ3n) is 6.26. The highest BCUT2D eigenvalue weighted by molar-refractivity contribution is 6.11. The second-order valence-electron chi connectivity index (χ2n) is 8.33. The van der Waals surface area contributed by atoms with E-state index in [4.69, 9.17) is 9.47 Å². The first-order valence-corrected chi connectivity index (χ1v) is 11.1. The summed E-state index contributed by atoms with van der Waals surface area (Å²) in [6.07, 6.45) is 6.51. The lowest BCUT2D eigenvalue weighted by atomic mass is 9.77. The second kappa shape index (κ2) is 8.60. The van der Waals surface area contributed by atoms with E-state index in [0.29, 0.717) is 24.5 Å². The summed E-state index contributed by atoms with van der Waals surface area (Å²) in [5.74, 6) is 0.965. The normalized spacial score (nSPS) is 26.3. The molecule has 0 N–H and O–H groups in total. The number of ketones is 1. The molecule has 1 amide bonds. The van der Waals surface area contributed by atoms with Crippen LogP contribution in [0.2, 0.25) is 0 Å². The van der Waals surface area contributed by atoms with E-state index in [2.05, 4.69) is 13.8 Å². The molecule has 1 saturated carbocycles. The number of ether oxygens (including phenoxy) is 2. The highest BCUT2D eigenvalue weighted by Crippen LogP contribution is 2.47. The third kappa shape index (κ3) is 3.67. The molecule has 29 heavy (non-hydrogen) atoms. The van der Waals surface area contributed by atoms with Crippen molar-refractivity contribution in [3.05, 3.63) is 41.2 Å². The lowest BCUT2D eigenvalue weighted by molar-refractivity contribution is -0.135. The van der Waals surface area contributed by atoms with E-state index in [1.54, 1.807) is 0 Å². The molecule has 0 saturated heterocycles. The largest absolute Gasteiger partial charge is 0.494 e. The number of Topliss-reactive ketones (excluding diaryl/α,β-unsaturated/α-hetero) is 1. The molecule has 1 aromatic rings. The van der Waals surface area contributed by atoms with Crippen LogP contribution in [0.1, 0.15) is 70.4 Å². The van der Waals surface area contributed by atoms with Crippen LogP contribution in [0, 0.1) is 5.92 Å². The number of hydrogen-bond donors (Lipinski definition) is 0. The molecule has 3 atom stereocenters. The fourth-order valence-electron chi connectivity index (χ4n) is 4.79. The van der Waals surface area contributed by atoms with Gasteiger partial charge in [-0.15, -0.1) is 0 Å². The highest BCUT2D eigenvalue weighted by atomic mass is 16.5. The van der Waals surface area contributed by atoms with Crippen molar-refractivity contribution in [3.8, 4) is 5.75 Å². The summed E-state index contributed by atoms with van der Waals surface area (Å²) in [4.78, 5) is 28.6. The van der Waals surface area contributed by atoms with E-state index in [1.165, 1.54) is 0 Å². The molecule has 1 aromatic carbocycles. The Labute approximate surface area is 173 Å². The highest BCUT2D eigenvalue weighted by Gasteiger charge is 2.51. The molecule has 2 heterocycles. The molecule has 5 nitrogen and oxygen atoms in total. The fraction of sp³-hybridized carbons (Fsp3) is 0.583. The van der Waals surface area contributed by atoms with Gasteiger partial charge in [0.2, 0.25) is 0 Å². The smallest absolute Gasteiger partial charge is 0.290 e. The van der Waals surface area contributed by atoms with Gasteiger partial charge in [-0.25, -0.2) is 0 Å². The van der Waals surface area contributed by atoms with Gasteiger partial charge in [-0.1, -0.05) is 38.8 Å². The van der Waals surface area contributed by atoms with Crippen molar-refractivity contribution in [2.24, 2.45) is 5.92 Å². The van der Waals surface area contributed by atoms with Crippen LogP contribution in [0.5, 0.6) is 5.75 Å². The topological polar surface area (TPSA) is 55.8 Å². The van der Waals surface area contributed by atoms with Crippen molar-refractivity contribution >= 4 is 11.7 Å². The number of rotatable bonds is 7. The Morgan fingerprint density at radius 2 is 1.97 bits per heavy atom. The zero-order valence-electron chi connectivity index (χ0n) is 17.5. The Kier molecular flexibility index (Phi) is 5.93. The summed E-state index contributed by atoms with van der Waals surface area (Å²) >= 11 is 0. The first kappa shape index (κ1) is 20.0. The molecule has 156 valence electrons. The van der Waals surface area contributed by atoms with Crippen molar-refractivity contribution in [2.45, 2.75) is 70.9 Å². The Morgan fingerprint density at radius 3 is 2.76 bits per heavy atom. The number of benzene rings is 1. The summed E-state index contributed by atoms with van der Waals surface area (Å²) in [5.41, 5.74) is 1.50. The molecule has 1 aliphatic carbocycles. The maximum atomic E-state index is 13.5. The van der Waals surface area contributed by atoms with E-state index in [0.717, 1.165) is 56.3 Å². The lowest BCUT2D eigenvalue weighted by Gasteiger charge is -2.35. The molecular formula is C24H31NO4. The summed E-state index contributed by atoms with van der Waals surface area (Å²) in [5, 5.41) is 0. The predicted octanol–water partition coefficient (Wildman–Crippen LogP) is 4.57. The maximum absolute atomic E-state index is 13.5. The summed E-state index contributed by atoms with van der Waals surface area (Å²) in [6, 6.07) is 7.47. The molecule has 4 rings (SSSR count). The van der Waals surface area contributed by atoms with Crippen LogP contribution in [0.15, 0.2) is 35.6 Å². The van der Waals surface area contributed by atoms with Crippen LogP contribution in [0.25, 0.3) is 0 Å². The van der Waals surface area contributed by atoms with E-state index < -0.39 is 0 Å². The average Bonchev–Trinajstić information content (AvgIpc) is 3.03. The van der Waals surface area contributed by atoms with Gasteiger partial charge < -0.3 is 14.4 Å². The van der Waals surface area contributed by atoms with E-state index in [9.17, 15) is 9.59 Å². The quantitative estimate of drug-likeness (QED) is 0.676. The first-order valence-electron chi connectivity index (χ1n) is 11.1. The molecule has 2 aliphatic heterocycles. The number of hydrogen-bond acceptors (Lipinski definition) is 4. The second-order valence-corrected chi connectivity index (χ2v) is 8.33. The molecule has 3 unspecified atom stereocenters. The predicted molar refractivity (Wildman–Crippen MR) is 110 cm³/mol. The third-order valence-corrected chi connectivity index (χ3v) is 6.26. The number of amides is 1. The van der Waals surface area contributed by atoms with E-state index in [-0.39, 0.29) is 29.8 Å². The van der Waals surface area contributed by atoms with Crippen LogP contribution in [0.3, 0.4) is 0 Å². The van der Waals surface area contributed by atoms with Crippen molar-refractivity contribution in [1.82, 2.24) is 4.90 Å². The monoisotopic (exact) mass is 397 g/mol. The molecule has 5 heteroatoms. The summed E-state index contributed by atoms with van der Waals surface area (Å²) < 4.78 is 12.0. The Hall–Kier alpha value is -2.30. The molecule has 3 aliphatic rings. The van der Waals surface area contributed by atoms with Gasteiger partial charge in [-0.3, -0.25) is 9.59 Å². The van der Waals surface area contributed by atoms with Crippen molar-refractivity contribution < 1.29 is 19.1 Å². The molecule has 1 fully saturated rings. The fourth-order valence-corrected chi connectivity index (χ4v) is 4.79. The van der Waals surface area contributed by atoms with Gasteiger partial charge in [-0.2, -0.15) is 0 Å². The van der Waals surface area contributed by atoms with Crippen molar-refractivity contribution in [2.75, 3.05) is 13.2 Å². The zero-order chi connectivity index (χ0) is 20.4. The van der Waals surface area contributed by atoms with Gasteiger partial charge >= 0.3 is 0 Å². The maximum Gasteiger partial charge on any atom is 0.290 e. The molecular weight excluding hydrogens is 366 g/mol. The SMILES string of the molecule is CCCCN1C(=O)C2=C(C(=O)C3CCCCC3O2)C1c1cccc(OCCC)c1. The summed E-state index contributed by atoms with van der Waals surface area (Å²) in [6.45, 7) is 5.45. The Balaban J connectivity index is 1.73. The standard InChI is InChI=1S/C24H31NO4/c1-3-5-13-25-21(16-9-8-10-17(15-16)28-14-4-2)20-22(26)18-11-6-7-12-19(18)29-23(20)24(25)27/h8-10,15,18-19,21H,3-7,11-14H2,1-2H3. The minimum absolute atomic E-state index is 0.108. The Bertz CT molecular complexity index is 815. The van der Waals surface area contributed by atoms with Crippen LogP contribution in [-0.4, -0.2) is 35.8 Å². The first-order chi connectivity index (χ1) is 14.2. The van der Waals surface area contributed by atoms with Gasteiger partial charge in [0.25, 0.3) is 5.91 Å². The van der Waals surface area contributed by atoms with Gasteiger partial charge in [0.05, 0.1) is 24.1 Å². The van der Waals surface area contributed by atoms with Crippen LogP contribution in [-0.2, 0) is 14.3 Å². The van der Waals surface area contributed by atoms with Crippen molar-refractivity contribution in [1.29, 1.82) is 0 Å². The minimum atomic E-state index is -0.371. The van der Waals surface area contributed by atoms with Crippen molar-refractivity contribution in [3.63, 3.8) is 0 Å². The average molecular weight is 398 g/mol. The van der Waals surface area contributed by atoms with Gasteiger partial charge in [0, 0.05) is 6.54 Å². The number of nitrogens with zero attached hydrogens (tertiary/aromatic N) is 1. The van der Waals surface area contributed by atoms with Gasteiger partial charge in [-0.05, 0) is 49.8 Å². The van der Waals surface area contributed by atoms with Gasteiger partial charge in [0.15, 0.2) is 11.5 Å². The molecule has 0 aromatic heterocycles. The summed E-state index contributed by atoms with van der Waals surface area (Å²) in [7, 11) is 0. The zero-order valence-corrected chi connectivity index (χ0v) is 17.5. The van der Waals surface area contributed by atoms with E-state index in [1.807, 2.05) is 29.2 Å². The Morgan fingerprint density at radius 1 is 1.14 bits per heavy atom. The van der Waals surface area contributed by atoms with Crippen LogP contribution >= 0.6 is 0 Å². The van der Waals surface area contributed by atoms with Crippen LogP contribution in [0.4, 0.5) is 0 Å². The molecule has 0 spiro atoms. The molecule has 0 radical (unpaired) electrons. The van der Waals surface area contributed by atoms with E-state index >= 15 is 0 Å². The number of unbranched alkanes of at least 4 members (excludes halogenated alkanes) is 1. The number of fused-ring (bicyclic) bond motifs is 1. The number of carbonyl (C=O) groups excluding carboxylic acids is 2.